The highest BCUT2D eigenvalue weighted by molar-refractivity contribution is 5.80. The molecule has 118 valence electrons. The summed E-state index contributed by atoms with van der Waals surface area (Å²) in [6, 6.07) is 16.1. The molecule has 1 aromatic carbocycles. The fraction of sp³-hybridized carbons (Fsp3) is 0.100. The molecule has 0 radical (unpaired) electrons. The first-order chi connectivity index (χ1) is 11.7. The van der Waals surface area contributed by atoms with Crippen molar-refractivity contribution in [3.05, 3.63) is 66.0 Å². The van der Waals surface area contributed by atoms with Gasteiger partial charge in [-0.2, -0.15) is 0 Å². The van der Waals surface area contributed by atoms with Crippen LogP contribution >= 0.6 is 0 Å². The number of hydrogen-bond donors (Lipinski definition) is 0. The van der Waals surface area contributed by atoms with Gasteiger partial charge < -0.3 is 0 Å². The molecule has 0 spiro atoms. The third-order valence-corrected chi connectivity index (χ3v) is 3.72. The molecule has 24 heavy (non-hydrogen) atoms. The molecule has 4 nitrogen and oxygen atoms in total. The zero-order chi connectivity index (χ0) is 16.9. The number of aromatic nitrogens is 2. The number of pyridine rings is 2. The lowest BCUT2D eigenvalue weighted by Gasteiger charge is -2.10. The normalized spacial score (nSPS) is 10.9. The van der Waals surface area contributed by atoms with Crippen LogP contribution in [0.2, 0.25) is 0 Å². The van der Waals surface area contributed by atoms with Crippen molar-refractivity contribution in [1.29, 1.82) is 0 Å². The van der Waals surface area contributed by atoms with Crippen molar-refractivity contribution in [2.75, 3.05) is 0 Å². The Morgan fingerprint density at radius 1 is 1.04 bits per heavy atom. The van der Waals surface area contributed by atoms with Crippen LogP contribution in [0.3, 0.4) is 0 Å². The monoisotopic (exact) mass is 314 g/mol. The molecule has 3 aromatic rings. The van der Waals surface area contributed by atoms with Gasteiger partial charge in [0.15, 0.2) is 0 Å². The van der Waals surface area contributed by atoms with Crippen LogP contribution in [0.1, 0.15) is 11.3 Å². The molecule has 0 atom stereocenters. The number of aryl methyl sites for hydroxylation is 2. The zero-order valence-electron chi connectivity index (χ0n) is 13.8. The Labute approximate surface area is 141 Å². The summed E-state index contributed by atoms with van der Waals surface area (Å²) < 4.78 is 0. The first-order valence-corrected chi connectivity index (χ1v) is 7.67. The fourth-order valence-electron chi connectivity index (χ4n) is 2.59. The molecule has 0 saturated carbocycles. The van der Waals surface area contributed by atoms with Gasteiger partial charge in [-0.1, -0.05) is 18.2 Å². The first kappa shape index (κ1) is 15.7. The molecule has 2 heterocycles. The second kappa shape index (κ2) is 6.96. The van der Waals surface area contributed by atoms with E-state index >= 15 is 0 Å². The summed E-state index contributed by atoms with van der Waals surface area (Å²) in [6.45, 7) is 7.42. The van der Waals surface area contributed by atoms with E-state index in [1.54, 1.807) is 6.20 Å². The van der Waals surface area contributed by atoms with Crippen LogP contribution in [0.25, 0.3) is 22.5 Å². The topological polar surface area (TPSA) is 50.5 Å². The van der Waals surface area contributed by atoms with Crippen LogP contribution in [-0.2, 0) is 0 Å². The Morgan fingerprint density at radius 2 is 1.92 bits per heavy atom. The maximum atomic E-state index is 4.60. The number of aliphatic imine (C=N–C) groups is 2. The number of rotatable bonds is 4. The molecule has 0 unspecified atom stereocenters. The maximum Gasteiger partial charge on any atom is 0.115 e. The van der Waals surface area contributed by atoms with Crippen LogP contribution in [0.15, 0.2) is 64.7 Å². The number of nitrogens with zero attached hydrogens (tertiary/aromatic N) is 4. The fourth-order valence-corrected chi connectivity index (χ4v) is 2.59. The standard InChI is InChI=1S/C20H18N4/c1-14-12-16(9-10-18(14)23-13-21-3)17-7-5-11-22-20(17)19-8-4-6-15(2)24-19/h4-13H,3H2,1-2H3. The Hall–Kier alpha value is -3.14. The van der Waals surface area contributed by atoms with Crippen molar-refractivity contribution in [1.82, 2.24) is 9.97 Å². The number of hydrogen-bond acceptors (Lipinski definition) is 3. The third kappa shape index (κ3) is 3.27. The lowest BCUT2D eigenvalue weighted by atomic mass is 9.99. The SMILES string of the molecule is C=NC=Nc1ccc(-c2cccnc2-c2cccc(C)n2)cc1C. The van der Waals surface area contributed by atoms with Crippen LogP contribution in [0, 0.1) is 13.8 Å². The van der Waals surface area contributed by atoms with Gasteiger partial charge in [0.1, 0.15) is 6.34 Å². The van der Waals surface area contributed by atoms with E-state index in [2.05, 4.69) is 38.8 Å². The zero-order valence-corrected chi connectivity index (χ0v) is 13.8. The van der Waals surface area contributed by atoms with Crippen molar-refractivity contribution in [3.8, 4) is 22.5 Å². The van der Waals surface area contributed by atoms with Crippen molar-refractivity contribution < 1.29 is 0 Å². The van der Waals surface area contributed by atoms with E-state index in [-0.39, 0.29) is 0 Å². The quantitative estimate of drug-likeness (QED) is 0.513. The highest BCUT2D eigenvalue weighted by Crippen LogP contribution is 2.32. The second-order valence-electron chi connectivity index (χ2n) is 5.49. The Morgan fingerprint density at radius 3 is 2.67 bits per heavy atom. The van der Waals surface area contributed by atoms with Gasteiger partial charge in [-0.25, -0.2) is 4.99 Å². The van der Waals surface area contributed by atoms with E-state index in [1.807, 2.05) is 50.2 Å². The molecule has 3 rings (SSSR count). The van der Waals surface area contributed by atoms with Crippen molar-refractivity contribution in [2.24, 2.45) is 9.98 Å². The smallest absolute Gasteiger partial charge is 0.115 e. The van der Waals surface area contributed by atoms with E-state index in [0.717, 1.165) is 39.5 Å². The minimum atomic E-state index is 0.876. The molecule has 0 aliphatic heterocycles. The largest absolute Gasteiger partial charge is 0.254 e. The molecular weight excluding hydrogens is 296 g/mol. The Kier molecular flexibility index (Phi) is 4.57. The lowest BCUT2D eigenvalue weighted by Crippen LogP contribution is -1.93. The molecule has 0 aliphatic carbocycles. The molecule has 2 aromatic heterocycles. The summed E-state index contributed by atoms with van der Waals surface area (Å²) in [6.07, 6.45) is 3.25. The van der Waals surface area contributed by atoms with Crippen molar-refractivity contribution in [2.45, 2.75) is 13.8 Å². The molecule has 0 bridgehead atoms. The maximum absolute atomic E-state index is 4.60. The van der Waals surface area contributed by atoms with Gasteiger partial charge in [-0.15, -0.1) is 0 Å². The van der Waals surface area contributed by atoms with Crippen molar-refractivity contribution in [3.63, 3.8) is 0 Å². The van der Waals surface area contributed by atoms with E-state index in [1.165, 1.54) is 6.34 Å². The van der Waals surface area contributed by atoms with Crippen LogP contribution in [0.5, 0.6) is 0 Å². The Bertz CT molecular complexity index is 913. The summed E-state index contributed by atoms with van der Waals surface area (Å²) in [5.41, 5.74) is 6.82. The Balaban J connectivity index is 2.09. The summed E-state index contributed by atoms with van der Waals surface area (Å²) in [5, 5.41) is 0. The van der Waals surface area contributed by atoms with Crippen LogP contribution in [0.4, 0.5) is 5.69 Å². The van der Waals surface area contributed by atoms with Gasteiger partial charge in [0.25, 0.3) is 0 Å². The van der Waals surface area contributed by atoms with E-state index in [9.17, 15) is 0 Å². The minimum Gasteiger partial charge on any atom is -0.254 e. The van der Waals surface area contributed by atoms with Crippen LogP contribution < -0.4 is 0 Å². The second-order valence-corrected chi connectivity index (χ2v) is 5.49. The summed E-state index contributed by atoms with van der Waals surface area (Å²) >= 11 is 0. The number of benzene rings is 1. The average molecular weight is 314 g/mol. The van der Waals surface area contributed by atoms with Crippen molar-refractivity contribution >= 4 is 18.7 Å². The predicted octanol–water partition coefficient (Wildman–Crippen LogP) is 4.79. The summed E-state index contributed by atoms with van der Waals surface area (Å²) in [5.74, 6) is 0. The van der Waals surface area contributed by atoms with Gasteiger partial charge in [-0.05, 0) is 62.0 Å². The summed E-state index contributed by atoms with van der Waals surface area (Å²) in [4.78, 5) is 17.1. The van der Waals surface area contributed by atoms with Gasteiger partial charge in [0, 0.05) is 17.5 Å². The highest BCUT2D eigenvalue weighted by Gasteiger charge is 2.10. The molecule has 0 amide bonds. The van der Waals surface area contributed by atoms with Gasteiger partial charge in [-0.3, -0.25) is 15.0 Å². The minimum absolute atomic E-state index is 0.876. The average Bonchev–Trinajstić information content (AvgIpc) is 2.61. The van der Waals surface area contributed by atoms with Gasteiger partial charge in [0.2, 0.25) is 0 Å². The molecular formula is C20H18N4. The highest BCUT2D eigenvalue weighted by atomic mass is 14.8. The lowest BCUT2D eigenvalue weighted by molar-refractivity contribution is 1.18. The molecule has 0 N–H and O–H groups in total. The first-order valence-electron chi connectivity index (χ1n) is 7.67. The summed E-state index contributed by atoms with van der Waals surface area (Å²) in [7, 11) is 0. The van der Waals surface area contributed by atoms with Gasteiger partial charge >= 0.3 is 0 Å². The van der Waals surface area contributed by atoms with Crippen LogP contribution in [-0.4, -0.2) is 23.0 Å². The van der Waals surface area contributed by atoms with Gasteiger partial charge in [0.05, 0.1) is 17.1 Å². The predicted molar refractivity (Wildman–Crippen MR) is 100 cm³/mol. The van der Waals surface area contributed by atoms with E-state index < -0.39 is 0 Å². The molecule has 0 saturated heterocycles. The van der Waals surface area contributed by atoms with E-state index in [0.29, 0.717) is 0 Å². The molecule has 4 heteroatoms. The third-order valence-electron chi connectivity index (χ3n) is 3.72. The molecule has 0 aliphatic rings. The van der Waals surface area contributed by atoms with E-state index in [4.69, 9.17) is 0 Å². The molecule has 0 fully saturated rings.